The maximum atomic E-state index is 11.6. The molecule has 1 nitrogen and oxygen atoms in total. The van der Waals surface area contributed by atoms with Gasteiger partial charge in [-0.15, -0.1) is 12.3 Å². The van der Waals surface area contributed by atoms with Gasteiger partial charge in [0.25, 0.3) is 0 Å². The lowest BCUT2D eigenvalue weighted by Crippen LogP contribution is -2.21. The summed E-state index contributed by atoms with van der Waals surface area (Å²) in [6, 6.07) is 0. The molecule has 0 bridgehead atoms. The minimum absolute atomic E-state index is 0.317. The number of carbonyl (C=O) groups is 1. The third-order valence-corrected chi connectivity index (χ3v) is 2.91. The third-order valence-electron chi connectivity index (χ3n) is 2.91. The summed E-state index contributed by atoms with van der Waals surface area (Å²) in [5.74, 6) is 3.97. The summed E-state index contributed by atoms with van der Waals surface area (Å²) in [7, 11) is 0. The van der Waals surface area contributed by atoms with Gasteiger partial charge in [0.15, 0.2) is 0 Å². The highest BCUT2D eigenvalue weighted by atomic mass is 16.1. The van der Waals surface area contributed by atoms with Gasteiger partial charge in [-0.05, 0) is 18.8 Å². The van der Waals surface area contributed by atoms with Gasteiger partial charge in [-0.1, -0.05) is 19.8 Å². The molecule has 2 atom stereocenters. The van der Waals surface area contributed by atoms with Gasteiger partial charge in [0.2, 0.25) is 0 Å². The fraction of sp³-hybridized carbons (Fsp3) is 0.750. The Morgan fingerprint density at radius 1 is 1.54 bits per heavy atom. The lowest BCUT2D eigenvalue weighted by Gasteiger charge is -2.25. The third kappa shape index (κ3) is 3.22. The van der Waals surface area contributed by atoms with Crippen LogP contribution in [0.3, 0.4) is 0 Å². The standard InChI is InChI=1S/C12H18O/c1-3-4-8-12(13)11-7-5-6-10(2)9-11/h1,10-11H,4-9H2,2H3. The van der Waals surface area contributed by atoms with Crippen molar-refractivity contribution in [3.63, 3.8) is 0 Å². The number of hydrogen-bond acceptors (Lipinski definition) is 1. The second-order valence-electron chi connectivity index (χ2n) is 4.14. The summed E-state index contributed by atoms with van der Waals surface area (Å²) in [5.41, 5.74) is 0. The quantitative estimate of drug-likeness (QED) is 0.607. The minimum Gasteiger partial charge on any atom is -0.299 e. The predicted octanol–water partition coefficient (Wildman–Crippen LogP) is 2.80. The molecule has 0 aromatic heterocycles. The van der Waals surface area contributed by atoms with Gasteiger partial charge >= 0.3 is 0 Å². The molecule has 0 aromatic rings. The van der Waals surface area contributed by atoms with E-state index in [0.29, 0.717) is 24.5 Å². The van der Waals surface area contributed by atoms with Crippen molar-refractivity contribution in [3.05, 3.63) is 0 Å². The molecule has 1 aliphatic rings. The maximum absolute atomic E-state index is 11.6. The van der Waals surface area contributed by atoms with E-state index >= 15 is 0 Å². The molecular weight excluding hydrogens is 160 g/mol. The van der Waals surface area contributed by atoms with Crippen molar-refractivity contribution in [2.45, 2.75) is 45.4 Å². The van der Waals surface area contributed by atoms with Crippen LogP contribution in [0.5, 0.6) is 0 Å². The van der Waals surface area contributed by atoms with Crippen LogP contribution in [0.25, 0.3) is 0 Å². The summed E-state index contributed by atoms with van der Waals surface area (Å²) in [5, 5.41) is 0. The first-order valence-corrected chi connectivity index (χ1v) is 5.20. The van der Waals surface area contributed by atoms with E-state index in [2.05, 4.69) is 12.8 Å². The minimum atomic E-state index is 0.317. The van der Waals surface area contributed by atoms with Crippen molar-refractivity contribution < 1.29 is 4.79 Å². The summed E-state index contributed by atoms with van der Waals surface area (Å²) in [6.45, 7) is 2.24. The van der Waals surface area contributed by atoms with Crippen LogP contribution in [0.2, 0.25) is 0 Å². The van der Waals surface area contributed by atoms with Crippen LogP contribution >= 0.6 is 0 Å². The van der Waals surface area contributed by atoms with Crippen molar-refractivity contribution in [3.8, 4) is 12.3 Å². The molecule has 2 unspecified atom stereocenters. The molecular formula is C12H18O. The molecule has 1 saturated carbocycles. The Labute approximate surface area is 80.9 Å². The summed E-state index contributed by atoms with van der Waals surface area (Å²) in [4.78, 5) is 11.6. The van der Waals surface area contributed by atoms with Crippen LogP contribution in [0.1, 0.15) is 45.4 Å². The Hall–Kier alpha value is -0.770. The smallest absolute Gasteiger partial charge is 0.136 e. The van der Waals surface area contributed by atoms with Gasteiger partial charge in [0.05, 0.1) is 0 Å². The predicted molar refractivity (Wildman–Crippen MR) is 54.2 cm³/mol. The van der Waals surface area contributed by atoms with Crippen LogP contribution in [0, 0.1) is 24.2 Å². The molecule has 1 fully saturated rings. The molecule has 1 heteroatoms. The number of ketones is 1. The highest BCUT2D eigenvalue weighted by Gasteiger charge is 2.23. The normalized spacial score (nSPS) is 28.0. The lowest BCUT2D eigenvalue weighted by molar-refractivity contribution is -0.124. The lowest BCUT2D eigenvalue weighted by atomic mass is 9.79. The number of Topliss-reactive ketones (excluding diaryl/α,β-unsaturated/α-hetero) is 1. The molecule has 0 aromatic carbocycles. The Bertz CT molecular complexity index is 212. The van der Waals surface area contributed by atoms with Crippen LogP contribution < -0.4 is 0 Å². The van der Waals surface area contributed by atoms with E-state index < -0.39 is 0 Å². The molecule has 0 radical (unpaired) electrons. The monoisotopic (exact) mass is 178 g/mol. The highest BCUT2D eigenvalue weighted by molar-refractivity contribution is 5.81. The van der Waals surface area contributed by atoms with Crippen LogP contribution in [0.15, 0.2) is 0 Å². The Morgan fingerprint density at radius 3 is 2.92 bits per heavy atom. The second-order valence-corrected chi connectivity index (χ2v) is 4.14. The molecule has 0 aliphatic heterocycles. The number of carbonyl (C=O) groups excluding carboxylic acids is 1. The van der Waals surface area contributed by atoms with E-state index in [1.807, 2.05) is 0 Å². The zero-order valence-corrected chi connectivity index (χ0v) is 8.38. The molecule has 0 spiro atoms. The van der Waals surface area contributed by atoms with E-state index in [0.717, 1.165) is 18.8 Å². The van der Waals surface area contributed by atoms with Gasteiger partial charge < -0.3 is 0 Å². The zero-order valence-electron chi connectivity index (χ0n) is 8.38. The number of rotatable bonds is 3. The topological polar surface area (TPSA) is 17.1 Å². The Kier molecular flexibility index (Phi) is 4.02. The first-order chi connectivity index (χ1) is 6.24. The highest BCUT2D eigenvalue weighted by Crippen LogP contribution is 2.29. The molecule has 0 amide bonds. The van der Waals surface area contributed by atoms with Gasteiger partial charge in [0.1, 0.15) is 5.78 Å². The first kappa shape index (κ1) is 10.3. The van der Waals surface area contributed by atoms with E-state index in [9.17, 15) is 4.79 Å². The molecule has 72 valence electrons. The molecule has 0 saturated heterocycles. The largest absolute Gasteiger partial charge is 0.299 e. The summed E-state index contributed by atoms with van der Waals surface area (Å²) < 4.78 is 0. The van der Waals surface area contributed by atoms with E-state index in [1.54, 1.807) is 0 Å². The van der Waals surface area contributed by atoms with Gasteiger partial charge in [-0.3, -0.25) is 4.79 Å². The molecule has 1 aliphatic carbocycles. The van der Waals surface area contributed by atoms with Crippen molar-refractivity contribution in [2.75, 3.05) is 0 Å². The average Bonchev–Trinajstić information content (AvgIpc) is 2.14. The first-order valence-electron chi connectivity index (χ1n) is 5.20. The summed E-state index contributed by atoms with van der Waals surface area (Å²) >= 11 is 0. The van der Waals surface area contributed by atoms with E-state index in [4.69, 9.17) is 6.42 Å². The fourth-order valence-electron chi connectivity index (χ4n) is 2.13. The van der Waals surface area contributed by atoms with Crippen molar-refractivity contribution in [1.82, 2.24) is 0 Å². The van der Waals surface area contributed by atoms with Gasteiger partial charge in [-0.2, -0.15) is 0 Å². The fourth-order valence-corrected chi connectivity index (χ4v) is 2.13. The SMILES string of the molecule is C#CCCC(=O)C1CCCC(C)C1. The van der Waals surface area contributed by atoms with E-state index in [1.165, 1.54) is 12.8 Å². The van der Waals surface area contributed by atoms with Crippen LogP contribution in [-0.2, 0) is 4.79 Å². The van der Waals surface area contributed by atoms with Crippen LogP contribution in [-0.4, -0.2) is 5.78 Å². The van der Waals surface area contributed by atoms with E-state index in [-0.39, 0.29) is 0 Å². The Balaban J connectivity index is 2.33. The molecule has 1 rings (SSSR count). The van der Waals surface area contributed by atoms with Gasteiger partial charge in [-0.25, -0.2) is 0 Å². The summed E-state index contributed by atoms with van der Waals surface area (Å²) in [6.07, 6.45) is 11.0. The number of hydrogen-bond donors (Lipinski definition) is 0. The maximum Gasteiger partial charge on any atom is 0.136 e. The second kappa shape index (κ2) is 5.07. The van der Waals surface area contributed by atoms with Crippen molar-refractivity contribution in [2.24, 2.45) is 11.8 Å². The van der Waals surface area contributed by atoms with Crippen molar-refractivity contribution >= 4 is 5.78 Å². The molecule has 0 heterocycles. The molecule has 13 heavy (non-hydrogen) atoms. The molecule has 0 N–H and O–H groups in total. The Morgan fingerprint density at radius 2 is 2.31 bits per heavy atom. The van der Waals surface area contributed by atoms with Crippen LogP contribution in [0.4, 0.5) is 0 Å². The number of terminal acetylenes is 1. The van der Waals surface area contributed by atoms with Crippen molar-refractivity contribution in [1.29, 1.82) is 0 Å². The average molecular weight is 178 g/mol. The van der Waals surface area contributed by atoms with Gasteiger partial charge in [0, 0.05) is 18.8 Å². The zero-order chi connectivity index (χ0) is 9.68.